The van der Waals surface area contributed by atoms with E-state index in [-0.39, 0.29) is 18.7 Å². The summed E-state index contributed by atoms with van der Waals surface area (Å²) >= 11 is 0. The number of aliphatic hydroxyl groups is 1. The van der Waals surface area contributed by atoms with Crippen LogP contribution in [-0.4, -0.2) is 41.8 Å². The van der Waals surface area contributed by atoms with Gasteiger partial charge in [-0.15, -0.1) is 0 Å². The molecule has 2 N–H and O–H groups in total. The number of nitrogens with one attached hydrogen (secondary N) is 1. The maximum atomic E-state index is 12.0. The Morgan fingerprint density at radius 3 is 2.68 bits per heavy atom. The number of carbonyl (C=O) groups excluding carboxylic acids is 1. The average Bonchev–Trinajstić information content (AvgIpc) is 2.93. The summed E-state index contributed by atoms with van der Waals surface area (Å²) in [5.74, 6) is 0.891. The summed E-state index contributed by atoms with van der Waals surface area (Å²) in [6, 6.07) is 0.0542. The lowest BCUT2D eigenvalue weighted by atomic mass is 9.86. The first-order valence-electron chi connectivity index (χ1n) is 7.96. The van der Waals surface area contributed by atoms with Gasteiger partial charge in [-0.05, 0) is 31.6 Å². The van der Waals surface area contributed by atoms with E-state index in [0.29, 0.717) is 0 Å². The Hall–Kier alpha value is -0.770. The van der Waals surface area contributed by atoms with Crippen molar-refractivity contribution in [2.75, 3.05) is 19.7 Å². The molecule has 1 aliphatic carbocycles. The topological polar surface area (TPSA) is 52.6 Å². The molecule has 1 saturated heterocycles. The molecule has 4 nitrogen and oxygen atoms in total. The summed E-state index contributed by atoms with van der Waals surface area (Å²) in [6.45, 7) is 1.67. The van der Waals surface area contributed by atoms with Crippen LogP contribution in [0.25, 0.3) is 0 Å². The number of hydrogen-bond acceptors (Lipinski definition) is 2. The molecule has 1 saturated carbocycles. The van der Waals surface area contributed by atoms with E-state index >= 15 is 0 Å². The van der Waals surface area contributed by atoms with E-state index in [1.54, 1.807) is 4.90 Å². The molecule has 4 heteroatoms. The number of nitrogens with zero attached hydrogens (tertiary/aromatic N) is 1. The normalized spacial score (nSPS) is 24.7. The van der Waals surface area contributed by atoms with Gasteiger partial charge in [-0.1, -0.05) is 32.1 Å². The number of aliphatic hydroxyl groups excluding tert-OH is 1. The summed E-state index contributed by atoms with van der Waals surface area (Å²) in [7, 11) is 0. The number of rotatable bonds is 5. The van der Waals surface area contributed by atoms with Crippen LogP contribution in [0.2, 0.25) is 0 Å². The average molecular weight is 268 g/mol. The van der Waals surface area contributed by atoms with Crippen LogP contribution in [0.15, 0.2) is 0 Å². The number of carbonyl (C=O) groups is 1. The van der Waals surface area contributed by atoms with Gasteiger partial charge in [0.2, 0.25) is 0 Å². The van der Waals surface area contributed by atoms with Crippen LogP contribution >= 0.6 is 0 Å². The quantitative estimate of drug-likeness (QED) is 0.753. The second kappa shape index (κ2) is 7.73. The smallest absolute Gasteiger partial charge is 0.317 e. The first-order valence-corrected chi connectivity index (χ1v) is 7.96. The van der Waals surface area contributed by atoms with Crippen LogP contribution in [0.4, 0.5) is 4.79 Å². The Bertz CT molecular complexity index is 277. The molecule has 0 spiro atoms. The molecule has 19 heavy (non-hydrogen) atoms. The van der Waals surface area contributed by atoms with E-state index < -0.39 is 0 Å². The molecule has 2 amide bonds. The zero-order valence-corrected chi connectivity index (χ0v) is 11.9. The molecule has 1 atom stereocenters. The molecule has 0 aromatic heterocycles. The molecule has 1 aliphatic heterocycles. The third-order valence-electron chi connectivity index (χ3n) is 4.64. The molecule has 0 radical (unpaired) electrons. The molecular weight excluding hydrogens is 240 g/mol. The Kier molecular flexibility index (Phi) is 5.95. The van der Waals surface area contributed by atoms with Gasteiger partial charge in [-0.2, -0.15) is 0 Å². The fourth-order valence-electron chi connectivity index (χ4n) is 3.46. The van der Waals surface area contributed by atoms with Crippen LogP contribution in [0.3, 0.4) is 0 Å². The monoisotopic (exact) mass is 268 g/mol. The minimum Gasteiger partial charge on any atom is -0.394 e. The second-order valence-electron chi connectivity index (χ2n) is 6.05. The Morgan fingerprint density at radius 2 is 1.95 bits per heavy atom. The van der Waals surface area contributed by atoms with Gasteiger partial charge in [-0.3, -0.25) is 0 Å². The SMILES string of the molecule is O=C(NCCCC1CCCCC1)N1CCCC1CO. The van der Waals surface area contributed by atoms with Crippen molar-refractivity contribution in [2.45, 2.75) is 63.8 Å². The summed E-state index contributed by atoms with van der Waals surface area (Å²) in [6.07, 6.45) is 11.3. The van der Waals surface area contributed by atoms with Gasteiger partial charge < -0.3 is 15.3 Å². The highest BCUT2D eigenvalue weighted by Crippen LogP contribution is 2.27. The van der Waals surface area contributed by atoms with Crippen molar-refractivity contribution >= 4 is 6.03 Å². The lowest BCUT2D eigenvalue weighted by molar-refractivity contribution is 0.157. The van der Waals surface area contributed by atoms with Crippen LogP contribution in [0.5, 0.6) is 0 Å². The van der Waals surface area contributed by atoms with Gasteiger partial charge in [0.25, 0.3) is 0 Å². The van der Waals surface area contributed by atoms with E-state index in [0.717, 1.165) is 38.3 Å². The van der Waals surface area contributed by atoms with Crippen molar-refractivity contribution in [2.24, 2.45) is 5.92 Å². The lowest BCUT2D eigenvalue weighted by Crippen LogP contribution is -2.44. The molecule has 2 rings (SSSR count). The van der Waals surface area contributed by atoms with Crippen LogP contribution in [-0.2, 0) is 0 Å². The number of hydrogen-bond donors (Lipinski definition) is 2. The molecular formula is C15H28N2O2. The van der Waals surface area contributed by atoms with E-state index in [1.807, 2.05) is 0 Å². The van der Waals surface area contributed by atoms with E-state index in [1.165, 1.54) is 38.5 Å². The van der Waals surface area contributed by atoms with Gasteiger partial charge in [-0.25, -0.2) is 4.79 Å². The van der Waals surface area contributed by atoms with E-state index in [4.69, 9.17) is 0 Å². The maximum absolute atomic E-state index is 12.0. The number of amides is 2. The van der Waals surface area contributed by atoms with Gasteiger partial charge in [0, 0.05) is 13.1 Å². The fourth-order valence-corrected chi connectivity index (χ4v) is 3.46. The van der Waals surface area contributed by atoms with Crippen LogP contribution in [0, 0.1) is 5.92 Å². The van der Waals surface area contributed by atoms with Gasteiger partial charge in [0.1, 0.15) is 0 Å². The largest absolute Gasteiger partial charge is 0.394 e. The fraction of sp³-hybridized carbons (Fsp3) is 0.933. The van der Waals surface area contributed by atoms with Crippen molar-refractivity contribution in [3.05, 3.63) is 0 Å². The third-order valence-corrected chi connectivity index (χ3v) is 4.64. The summed E-state index contributed by atoms with van der Waals surface area (Å²) in [5, 5.41) is 12.2. The van der Waals surface area contributed by atoms with Crippen molar-refractivity contribution in [3.8, 4) is 0 Å². The second-order valence-corrected chi connectivity index (χ2v) is 6.05. The van der Waals surface area contributed by atoms with E-state index in [9.17, 15) is 9.90 Å². The number of urea groups is 1. The minimum absolute atomic E-state index is 0.0141. The van der Waals surface area contributed by atoms with Gasteiger partial charge >= 0.3 is 6.03 Å². The summed E-state index contributed by atoms with van der Waals surface area (Å²) < 4.78 is 0. The Balaban J connectivity index is 1.58. The van der Waals surface area contributed by atoms with Crippen molar-refractivity contribution in [1.82, 2.24) is 10.2 Å². The van der Waals surface area contributed by atoms with Gasteiger partial charge in [0.05, 0.1) is 12.6 Å². The molecule has 2 fully saturated rings. The van der Waals surface area contributed by atoms with E-state index in [2.05, 4.69) is 5.32 Å². The molecule has 0 aromatic carbocycles. The highest BCUT2D eigenvalue weighted by Gasteiger charge is 2.27. The molecule has 0 bridgehead atoms. The standard InChI is InChI=1S/C15H28N2O2/c18-12-14-9-5-11-17(14)15(19)16-10-4-8-13-6-2-1-3-7-13/h13-14,18H,1-12H2,(H,16,19). The first kappa shape index (κ1) is 14.6. The van der Waals surface area contributed by atoms with Crippen LogP contribution in [0.1, 0.15) is 57.8 Å². The Labute approximate surface area is 116 Å². The first-order chi connectivity index (χ1) is 9.31. The summed E-state index contributed by atoms with van der Waals surface area (Å²) in [4.78, 5) is 13.8. The summed E-state index contributed by atoms with van der Waals surface area (Å²) in [5.41, 5.74) is 0. The highest BCUT2D eigenvalue weighted by atomic mass is 16.3. The van der Waals surface area contributed by atoms with Crippen LogP contribution < -0.4 is 5.32 Å². The molecule has 1 unspecified atom stereocenters. The maximum Gasteiger partial charge on any atom is 0.317 e. The Morgan fingerprint density at radius 1 is 1.16 bits per heavy atom. The van der Waals surface area contributed by atoms with Crippen molar-refractivity contribution < 1.29 is 9.90 Å². The minimum atomic E-state index is 0.0141. The predicted octanol–water partition coefficient (Wildman–Crippen LogP) is 2.51. The zero-order valence-electron chi connectivity index (χ0n) is 11.9. The van der Waals surface area contributed by atoms with Gasteiger partial charge in [0.15, 0.2) is 0 Å². The third kappa shape index (κ3) is 4.37. The zero-order chi connectivity index (χ0) is 13.5. The lowest BCUT2D eigenvalue weighted by Gasteiger charge is -2.24. The predicted molar refractivity (Wildman–Crippen MR) is 76.0 cm³/mol. The molecule has 2 aliphatic rings. The molecule has 0 aromatic rings. The number of likely N-dealkylation sites (tertiary alicyclic amines) is 1. The highest BCUT2D eigenvalue weighted by molar-refractivity contribution is 5.74. The molecule has 1 heterocycles. The van der Waals surface area contributed by atoms with Crippen molar-refractivity contribution in [1.29, 1.82) is 0 Å². The van der Waals surface area contributed by atoms with Crippen molar-refractivity contribution in [3.63, 3.8) is 0 Å². The molecule has 110 valence electrons.